The summed E-state index contributed by atoms with van der Waals surface area (Å²) in [6.07, 6.45) is 0. The van der Waals surface area contributed by atoms with Crippen molar-refractivity contribution < 1.29 is 9.59 Å². The predicted molar refractivity (Wildman–Crippen MR) is 112 cm³/mol. The summed E-state index contributed by atoms with van der Waals surface area (Å²) < 4.78 is 0. The Labute approximate surface area is 165 Å². The fraction of sp³-hybridized carbons (Fsp3) is 0.167. The van der Waals surface area contributed by atoms with Gasteiger partial charge in [0, 0.05) is 22.9 Å². The molecule has 142 valence electrons. The largest absolute Gasteiger partial charge is 0.350 e. The van der Waals surface area contributed by atoms with Crippen LogP contribution in [-0.2, 0) is 6.54 Å². The van der Waals surface area contributed by atoms with Gasteiger partial charge in [0.1, 0.15) is 0 Å². The van der Waals surface area contributed by atoms with Crippen LogP contribution in [0.2, 0.25) is 0 Å². The number of nitrogens with zero attached hydrogens (tertiary/aromatic N) is 1. The molecule has 0 unspecified atom stereocenters. The third-order valence-electron chi connectivity index (χ3n) is 4.31. The number of hydrogen-bond acceptors (Lipinski definition) is 2. The van der Waals surface area contributed by atoms with Crippen LogP contribution in [-0.4, -0.2) is 17.9 Å². The summed E-state index contributed by atoms with van der Waals surface area (Å²) in [5.74, 6) is -0.246. The van der Waals surface area contributed by atoms with E-state index in [1.807, 2.05) is 74.5 Å². The Balaban J connectivity index is 1.86. The van der Waals surface area contributed by atoms with Crippen LogP contribution in [0.25, 0.3) is 0 Å². The van der Waals surface area contributed by atoms with E-state index in [9.17, 15) is 9.59 Å². The maximum atomic E-state index is 13.2. The summed E-state index contributed by atoms with van der Waals surface area (Å²) in [4.78, 5) is 27.1. The Kier molecular flexibility index (Phi) is 6.22. The lowest BCUT2D eigenvalue weighted by molar-refractivity contribution is 0.0940. The van der Waals surface area contributed by atoms with E-state index in [2.05, 4.69) is 5.32 Å². The van der Waals surface area contributed by atoms with Crippen LogP contribution in [0.1, 0.15) is 40.1 Å². The van der Waals surface area contributed by atoms with Crippen LogP contribution in [0.15, 0.2) is 84.9 Å². The molecule has 0 bridgehead atoms. The summed E-state index contributed by atoms with van der Waals surface area (Å²) in [6, 6.07) is 26.4. The number of hydrogen-bond donors (Lipinski definition) is 1. The predicted octanol–water partition coefficient (Wildman–Crippen LogP) is 4.67. The SMILES string of the molecule is CC(C)NC(=O)c1ccc(C(=O)N(Cc2ccccc2)c2ccccc2)cc1. The van der Waals surface area contributed by atoms with Crippen molar-refractivity contribution in [3.05, 3.63) is 102 Å². The van der Waals surface area contributed by atoms with Crippen LogP contribution < -0.4 is 10.2 Å². The summed E-state index contributed by atoms with van der Waals surface area (Å²) in [7, 11) is 0. The smallest absolute Gasteiger partial charge is 0.258 e. The quantitative estimate of drug-likeness (QED) is 0.683. The molecule has 4 nitrogen and oxygen atoms in total. The Morgan fingerprint density at radius 3 is 1.89 bits per heavy atom. The topological polar surface area (TPSA) is 49.4 Å². The normalized spacial score (nSPS) is 10.5. The highest BCUT2D eigenvalue weighted by Crippen LogP contribution is 2.20. The Morgan fingerprint density at radius 2 is 1.32 bits per heavy atom. The van der Waals surface area contributed by atoms with Gasteiger partial charge in [-0.15, -0.1) is 0 Å². The van der Waals surface area contributed by atoms with Crippen molar-refractivity contribution in [2.45, 2.75) is 26.4 Å². The van der Waals surface area contributed by atoms with Crippen LogP contribution in [0.3, 0.4) is 0 Å². The maximum absolute atomic E-state index is 13.2. The second-order valence-corrected chi connectivity index (χ2v) is 6.92. The van der Waals surface area contributed by atoms with Crippen molar-refractivity contribution >= 4 is 17.5 Å². The van der Waals surface area contributed by atoms with Gasteiger partial charge < -0.3 is 10.2 Å². The molecule has 1 N–H and O–H groups in total. The zero-order valence-corrected chi connectivity index (χ0v) is 16.1. The van der Waals surface area contributed by atoms with Gasteiger partial charge in [-0.1, -0.05) is 48.5 Å². The van der Waals surface area contributed by atoms with Crippen molar-refractivity contribution in [1.82, 2.24) is 5.32 Å². The molecule has 28 heavy (non-hydrogen) atoms. The molecule has 0 aromatic heterocycles. The first kappa shape index (κ1) is 19.4. The molecule has 2 amide bonds. The first-order valence-electron chi connectivity index (χ1n) is 9.36. The highest BCUT2D eigenvalue weighted by molar-refractivity contribution is 6.06. The molecule has 0 saturated carbocycles. The number of rotatable bonds is 6. The average molecular weight is 372 g/mol. The molecule has 0 aliphatic carbocycles. The monoisotopic (exact) mass is 372 g/mol. The number of benzene rings is 3. The first-order valence-corrected chi connectivity index (χ1v) is 9.36. The minimum Gasteiger partial charge on any atom is -0.350 e. The van der Waals surface area contributed by atoms with E-state index >= 15 is 0 Å². The van der Waals surface area contributed by atoms with E-state index in [1.165, 1.54) is 0 Å². The maximum Gasteiger partial charge on any atom is 0.258 e. The molecule has 4 heteroatoms. The lowest BCUT2D eigenvalue weighted by Crippen LogP contribution is -2.31. The van der Waals surface area contributed by atoms with Crippen molar-refractivity contribution in [3.8, 4) is 0 Å². The molecular weight excluding hydrogens is 348 g/mol. The third-order valence-corrected chi connectivity index (χ3v) is 4.31. The van der Waals surface area contributed by atoms with Crippen LogP contribution in [0.5, 0.6) is 0 Å². The molecule has 0 aliphatic rings. The number of nitrogens with one attached hydrogen (secondary N) is 1. The molecule has 0 spiro atoms. The Bertz CT molecular complexity index is 920. The molecule has 0 saturated heterocycles. The second kappa shape index (κ2) is 9.00. The van der Waals surface area contributed by atoms with Crippen LogP contribution in [0.4, 0.5) is 5.69 Å². The lowest BCUT2D eigenvalue weighted by atomic mass is 10.1. The van der Waals surface area contributed by atoms with Crippen LogP contribution >= 0.6 is 0 Å². The number of para-hydroxylation sites is 1. The summed E-state index contributed by atoms with van der Waals surface area (Å²) >= 11 is 0. The van der Waals surface area contributed by atoms with Gasteiger partial charge in [-0.05, 0) is 55.8 Å². The highest BCUT2D eigenvalue weighted by atomic mass is 16.2. The summed E-state index contributed by atoms with van der Waals surface area (Å²) in [6.45, 7) is 4.30. The van der Waals surface area contributed by atoms with Gasteiger partial charge in [0.25, 0.3) is 11.8 Å². The zero-order chi connectivity index (χ0) is 19.9. The van der Waals surface area contributed by atoms with Crippen molar-refractivity contribution in [2.24, 2.45) is 0 Å². The average Bonchev–Trinajstić information content (AvgIpc) is 2.72. The second-order valence-electron chi connectivity index (χ2n) is 6.92. The molecule has 0 fully saturated rings. The fourth-order valence-corrected chi connectivity index (χ4v) is 2.92. The van der Waals surface area contributed by atoms with Crippen molar-refractivity contribution in [1.29, 1.82) is 0 Å². The van der Waals surface area contributed by atoms with Crippen molar-refractivity contribution in [3.63, 3.8) is 0 Å². The molecule has 0 aliphatic heterocycles. The molecule has 3 aromatic rings. The van der Waals surface area contributed by atoms with E-state index in [1.54, 1.807) is 29.2 Å². The molecule has 0 heterocycles. The lowest BCUT2D eigenvalue weighted by Gasteiger charge is -2.23. The van der Waals surface area contributed by atoms with Gasteiger partial charge >= 0.3 is 0 Å². The summed E-state index contributed by atoms with van der Waals surface area (Å²) in [5, 5.41) is 2.85. The van der Waals surface area contributed by atoms with Gasteiger partial charge in [-0.2, -0.15) is 0 Å². The fourth-order valence-electron chi connectivity index (χ4n) is 2.92. The van der Waals surface area contributed by atoms with Gasteiger partial charge in [-0.25, -0.2) is 0 Å². The third kappa shape index (κ3) is 4.86. The van der Waals surface area contributed by atoms with Gasteiger partial charge in [0.2, 0.25) is 0 Å². The number of carbonyl (C=O) groups excluding carboxylic acids is 2. The van der Waals surface area contributed by atoms with Gasteiger partial charge in [0.15, 0.2) is 0 Å². The number of carbonyl (C=O) groups is 2. The minimum absolute atomic E-state index is 0.0632. The van der Waals surface area contributed by atoms with E-state index in [4.69, 9.17) is 0 Å². The molecule has 3 aromatic carbocycles. The Hall–Kier alpha value is -3.40. The van der Waals surface area contributed by atoms with E-state index in [0.717, 1.165) is 11.3 Å². The minimum atomic E-state index is -0.141. The van der Waals surface area contributed by atoms with Crippen molar-refractivity contribution in [2.75, 3.05) is 4.90 Å². The first-order chi connectivity index (χ1) is 13.5. The molecule has 0 radical (unpaired) electrons. The standard InChI is InChI=1S/C24H24N2O2/c1-18(2)25-23(27)20-13-15-21(16-14-20)24(28)26(22-11-7-4-8-12-22)17-19-9-5-3-6-10-19/h3-16,18H,17H2,1-2H3,(H,25,27). The molecular formula is C24H24N2O2. The number of anilines is 1. The van der Waals surface area contributed by atoms with Gasteiger partial charge in [-0.3, -0.25) is 9.59 Å². The van der Waals surface area contributed by atoms with Crippen LogP contribution in [0, 0.1) is 0 Å². The number of amides is 2. The van der Waals surface area contributed by atoms with E-state index in [-0.39, 0.29) is 17.9 Å². The molecule has 0 atom stereocenters. The summed E-state index contributed by atoms with van der Waals surface area (Å²) in [5.41, 5.74) is 2.96. The van der Waals surface area contributed by atoms with E-state index in [0.29, 0.717) is 17.7 Å². The Morgan fingerprint density at radius 1 is 0.786 bits per heavy atom. The molecule has 3 rings (SSSR count). The van der Waals surface area contributed by atoms with E-state index < -0.39 is 0 Å². The zero-order valence-electron chi connectivity index (χ0n) is 16.1. The van der Waals surface area contributed by atoms with Gasteiger partial charge in [0.05, 0.1) is 6.54 Å². The highest BCUT2D eigenvalue weighted by Gasteiger charge is 2.18.